The Hall–Kier alpha value is -3.28. The van der Waals surface area contributed by atoms with Crippen LogP contribution >= 0.6 is 0 Å². The van der Waals surface area contributed by atoms with Crippen LogP contribution in [0.2, 0.25) is 6.82 Å². The molecule has 2 saturated heterocycles. The van der Waals surface area contributed by atoms with Crippen LogP contribution in [0.1, 0.15) is 83.4 Å². The van der Waals surface area contributed by atoms with E-state index in [2.05, 4.69) is 36.6 Å². The largest absolute Gasteiger partial charge is 0.449 e. The van der Waals surface area contributed by atoms with Crippen molar-refractivity contribution >= 4 is 30.9 Å². The maximum absolute atomic E-state index is 14.2. The lowest BCUT2D eigenvalue weighted by atomic mass is 9.64. The summed E-state index contributed by atoms with van der Waals surface area (Å²) >= 11 is 0. The molecule has 0 aromatic heterocycles. The summed E-state index contributed by atoms with van der Waals surface area (Å²) in [7, 11) is 0. The molecule has 1 aromatic carbocycles. The summed E-state index contributed by atoms with van der Waals surface area (Å²) in [6.07, 6.45) is 2.73. The summed E-state index contributed by atoms with van der Waals surface area (Å²) in [6, 6.07) is 4.39. The van der Waals surface area contributed by atoms with E-state index in [4.69, 9.17) is 14.1 Å². The number of carbonyl (C=O) groups is 4. The van der Waals surface area contributed by atoms with Gasteiger partial charge in [0, 0.05) is 32.1 Å². The summed E-state index contributed by atoms with van der Waals surface area (Å²) in [5.41, 5.74) is 2.59. The maximum atomic E-state index is 14.2. The van der Waals surface area contributed by atoms with Crippen molar-refractivity contribution in [3.8, 4) is 0 Å². The topological polar surface area (TPSA) is 127 Å². The number of ether oxygens (including phenoxy) is 2. The van der Waals surface area contributed by atoms with Crippen molar-refractivity contribution in [2.45, 2.75) is 117 Å². The Kier molecular flexibility index (Phi) is 9.72. The van der Waals surface area contributed by atoms with Gasteiger partial charge in [-0.15, -0.1) is 0 Å². The Labute approximate surface area is 267 Å². The molecule has 0 saturated carbocycles. The number of nitrogens with zero attached hydrogens (tertiary/aromatic N) is 2. The van der Waals surface area contributed by atoms with Crippen molar-refractivity contribution in [2.75, 3.05) is 19.8 Å². The number of rotatable bonds is 2. The van der Waals surface area contributed by atoms with E-state index < -0.39 is 41.7 Å². The second kappa shape index (κ2) is 13.2. The van der Waals surface area contributed by atoms with E-state index in [1.807, 2.05) is 33.7 Å². The second-order valence-corrected chi connectivity index (χ2v) is 15.0. The van der Waals surface area contributed by atoms with Gasteiger partial charge < -0.3 is 29.7 Å². The molecule has 0 spiro atoms. The third-order valence-corrected chi connectivity index (χ3v) is 9.68. The smallest absolute Gasteiger partial charge is 0.410 e. The summed E-state index contributed by atoms with van der Waals surface area (Å²) in [6.45, 7) is 13.2. The minimum Gasteiger partial charge on any atom is -0.449 e. The second-order valence-electron chi connectivity index (χ2n) is 15.0. The fourth-order valence-electron chi connectivity index (χ4n) is 6.87. The first-order valence-electron chi connectivity index (χ1n) is 16.4. The van der Waals surface area contributed by atoms with Crippen LogP contribution in [-0.4, -0.2) is 84.6 Å². The predicted molar refractivity (Wildman–Crippen MR) is 169 cm³/mol. The molecule has 11 nitrogen and oxygen atoms in total. The molecule has 45 heavy (non-hydrogen) atoms. The molecular weight excluding hydrogens is 575 g/mol. The average molecular weight is 625 g/mol. The monoisotopic (exact) mass is 624 g/mol. The molecule has 0 radical (unpaired) electrons. The number of nitrogens with one attached hydrogen (secondary N) is 2. The van der Waals surface area contributed by atoms with Crippen LogP contribution in [0.15, 0.2) is 18.2 Å². The average Bonchev–Trinajstić information content (AvgIpc) is 3.70. The molecule has 0 aliphatic carbocycles. The number of hydrogen-bond donors (Lipinski definition) is 2. The van der Waals surface area contributed by atoms with Crippen molar-refractivity contribution in [1.29, 1.82) is 0 Å². The zero-order valence-electron chi connectivity index (χ0n) is 27.6. The minimum absolute atomic E-state index is 0.0434. The molecule has 12 heteroatoms. The van der Waals surface area contributed by atoms with E-state index in [0.29, 0.717) is 26.1 Å². The fourth-order valence-corrected chi connectivity index (χ4v) is 6.87. The Balaban J connectivity index is 1.42. The van der Waals surface area contributed by atoms with Crippen molar-refractivity contribution in [3.05, 3.63) is 34.9 Å². The lowest BCUT2D eigenvalue weighted by Crippen LogP contribution is -2.58. The van der Waals surface area contributed by atoms with Crippen LogP contribution in [-0.2, 0) is 43.2 Å². The first kappa shape index (κ1) is 33.1. The van der Waals surface area contributed by atoms with Crippen LogP contribution in [0, 0.1) is 10.8 Å². The zero-order chi connectivity index (χ0) is 32.5. The fraction of sp³-hybridized carbons (Fsp3) is 0.697. The summed E-state index contributed by atoms with van der Waals surface area (Å²) in [5.74, 6) is -0.913. The number of amides is 4. The van der Waals surface area contributed by atoms with E-state index in [1.165, 1.54) is 16.0 Å². The number of aryl methyl sites for hydroxylation is 1. The van der Waals surface area contributed by atoms with Gasteiger partial charge in [0.15, 0.2) is 0 Å². The number of fused-ring (bicyclic) bond motifs is 3. The highest BCUT2D eigenvalue weighted by Gasteiger charge is 2.47. The normalized spacial score (nSPS) is 28.0. The van der Waals surface area contributed by atoms with Gasteiger partial charge in [0.1, 0.15) is 18.2 Å². The molecule has 2 N–H and O–H groups in total. The van der Waals surface area contributed by atoms with Gasteiger partial charge in [-0.3, -0.25) is 14.5 Å². The van der Waals surface area contributed by atoms with Gasteiger partial charge in [0.25, 0.3) is 0 Å². The van der Waals surface area contributed by atoms with Crippen LogP contribution in [0.5, 0.6) is 0 Å². The molecule has 4 atom stereocenters. The first-order chi connectivity index (χ1) is 21.2. The molecule has 5 rings (SSSR count). The third-order valence-electron chi connectivity index (χ3n) is 9.68. The van der Waals surface area contributed by atoms with E-state index in [9.17, 15) is 19.2 Å². The van der Waals surface area contributed by atoms with Crippen molar-refractivity contribution in [2.24, 2.45) is 10.8 Å². The van der Waals surface area contributed by atoms with Gasteiger partial charge in [-0.25, -0.2) is 9.59 Å². The van der Waals surface area contributed by atoms with Crippen LogP contribution in [0.4, 0.5) is 9.59 Å². The van der Waals surface area contributed by atoms with Gasteiger partial charge in [0.05, 0.1) is 13.2 Å². The molecule has 4 aliphatic heterocycles. The SMILES string of the molecule is CB1OCCC1NC(=O)[C@@H]1C[C@@H]2CN1C(=O)[C@H](C(C)(C)C)NC(=O)OCC(C)(C)CCCCc1cccc3c1CN(C3)C(=O)O2. The molecule has 4 aliphatic rings. The quantitative estimate of drug-likeness (QED) is 0.476. The van der Waals surface area contributed by atoms with Gasteiger partial charge >= 0.3 is 19.1 Å². The van der Waals surface area contributed by atoms with Crippen molar-refractivity contribution in [1.82, 2.24) is 20.4 Å². The molecule has 4 amide bonds. The van der Waals surface area contributed by atoms with E-state index in [0.717, 1.165) is 31.2 Å². The molecule has 1 aromatic rings. The summed E-state index contributed by atoms with van der Waals surface area (Å²) in [5, 5.41) is 5.86. The van der Waals surface area contributed by atoms with E-state index >= 15 is 0 Å². The Morgan fingerprint density at radius 2 is 1.87 bits per heavy atom. The Morgan fingerprint density at radius 1 is 1.11 bits per heavy atom. The standard InChI is InChI=1S/C33H49BN4O7/c1-32(2,3)27-29(40)38-18-23(16-25(38)28(39)35-26-13-15-44-34(26)6)45-31(42)37-17-22-12-9-11-21(24(22)19-37)10-7-8-14-33(4,5)20-43-30(41)36-27/h9,11-12,23,25-27H,7-8,10,13-20H2,1-6H3,(H,35,39)(H,36,41)/t23-,25+,26?,27-/m1/s1. The number of benzene rings is 1. The van der Waals surface area contributed by atoms with E-state index in [-0.39, 0.29) is 43.8 Å². The highest BCUT2D eigenvalue weighted by molar-refractivity contribution is 6.53. The van der Waals surface area contributed by atoms with Crippen molar-refractivity contribution < 1.29 is 33.3 Å². The molecular formula is C33H49BN4O7. The summed E-state index contributed by atoms with van der Waals surface area (Å²) < 4.78 is 17.3. The number of hydrogen-bond acceptors (Lipinski definition) is 7. The van der Waals surface area contributed by atoms with Crippen LogP contribution in [0.25, 0.3) is 0 Å². The predicted octanol–water partition coefficient (Wildman–Crippen LogP) is 4.07. The van der Waals surface area contributed by atoms with Gasteiger partial charge in [-0.2, -0.15) is 0 Å². The number of alkyl carbamates (subject to hydrolysis) is 1. The maximum Gasteiger partial charge on any atom is 0.410 e. The lowest BCUT2D eigenvalue weighted by molar-refractivity contribution is -0.142. The van der Waals surface area contributed by atoms with Crippen molar-refractivity contribution in [3.63, 3.8) is 0 Å². The summed E-state index contributed by atoms with van der Waals surface area (Å²) in [4.78, 5) is 57.6. The van der Waals surface area contributed by atoms with Crippen LogP contribution < -0.4 is 10.6 Å². The zero-order valence-corrected chi connectivity index (χ0v) is 27.6. The Morgan fingerprint density at radius 3 is 2.58 bits per heavy atom. The minimum atomic E-state index is -0.969. The van der Waals surface area contributed by atoms with Crippen LogP contribution in [0.3, 0.4) is 0 Å². The lowest BCUT2D eigenvalue weighted by Gasteiger charge is -2.35. The first-order valence-corrected chi connectivity index (χ1v) is 16.4. The Bertz CT molecular complexity index is 1300. The third kappa shape index (κ3) is 7.76. The van der Waals surface area contributed by atoms with Gasteiger partial charge in [0.2, 0.25) is 11.8 Å². The van der Waals surface area contributed by atoms with Gasteiger partial charge in [-0.05, 0) is 53.2 Å². The molecule has 1 unspecified atom stereocenters. The molecule has 4 bridgehead atoms. The molecule has 4 heterocycles. The van der Waals surface area contributed by atoms with E-state index in [1.54, 1.807) is 4.90 Å². The highest BCUT2D eigenvalue weighted by Crippen LogP contribution is 2.32. The number of cyclic esters (lactones) is 1. The molecule has 2 fully saturated rings. The van der Waals surface area contributed by atoms with Gasteiger partial charge in [-0.1, -0.05) is 66.1 Å². The highest BCUT2D eigenvalue weighted by atomic mass is 16.6. The number of carbonyl (C=O) groups excluding carboxylic acids is 4. The molecule has 246 valence electrons.